The van der Waals surface area contributed by atoms with Crippen molar-refractivity contribution in [2.24, 2.45) is 0 Å². The predicted molar refractivity (Wildman–Crippen MR) is 110 cm³/mol. The monoisotopic (exact) mass is 431 g/mol. The molecule has 8 heteroatoms. The van der Waals surface area contributed by atoms with Gasteiger partial charge in [0.05, 0.1) is 16.6 Å². The Morgan fingerprint density at radius 2 is 1.87 bits per heavy atom. The average Bonchev–Trinajstić information content (AvgIpc) is 3.06. The molecule has 1 aliphatic rings. The molecule has 0 unspecified atom stereocenters. The minimum Gasteiger partial charge on any atom is -0.339 e. The van der Waals surface area contributed by atoms with Gasteiger partial charge in [0.25, 0.3) is 0 Å². The van der Waals surface area contributed by atoms with Crippen LogP contribution in [-0.4, -0.2) is 33.4 Å². The summed E-state index contributed by atoms with van der Waals surface area (Å²) in [5.74, 6) is 0.149. The number of rotatable bonds is 3. The molecule has 0 bridgehead atoms. The lowest BCUT2D eigenvalue weighted by Crippen LogP contribution is -2.38. The molecule has 0 saturated carbocycles. The lowest BCUT2D eigenvalue weighted by atomic mass is 10.0. The van der Waals surface area contributed by atoms with Crippen molar-refractivity contribution in [3.05, 3.63) is 71.3 Å². The molecule has 0 radical (unpaired) electrons. The maximum atomic E-state index is 13.3. The number of aryl methyl sites for hydroxylation is 1. The molecule has 162 valence electrons. The minimum atomic E-state index is -4.41. The molecule has 0 atom stereocenters. The highest BCUT2D eigenvalue weighted by atomic mass is 19.4. The summed E-state index contributed by atoms with van der Waals surface area (Å²) in [5.41, 5.74) is 0.891. The number of alkyl halides is 3. The number of fused-ring (bicyclic) bond motifs is 1. The van der Waals surface area contributed by atoms with Crippen LogP contribution >= 0.6 is 0 Å². The summed E-state index contributed by atoms with van der Waals surface area (Å²) < 4.78 is 54.2. The largest absolute Gasteiger partial charge is 0.416 e. The summed E-state index contributed by atoms with van der Waals surface area (Å²) in [6, 6.07) is 9.68. The van der Waals surface area contributed by atoms with Gasteiger partial charge < -0.3 is 9.47 Å². The second-order valence-corrected chi connectivity index (χ2v) is 7.68. The van der Waals surface area contributed by atoms with E-state index in [0.29, 0.717) is 48.4 Å². The lowest BCUT2D eigenvalue weighted by molar-refractivity contribution is -0.137. The van der Waals surface area contributed by atoms with Gasteiger partial charge in [-0.15, -0.1) is 0 Å². The van der Waals surface area contributed by atoms with Gasteiger partial charge in [0, 0.05) is 25.2 Å². The van der Waals surface area contributed by atoms with Gasteiger partial charge in [0.15, 0.2) is 0 Å². The highest BCUT2D eigenvalue weighted by Crippen LogP contribution is 2.34. The average molecular weight is 431 g/mol. The summed E-state index contributed by atoms with van der Waals surface area (Å²) in [5, 5.41) is 0. The van der Waals surface area contributed by atoms with E-state index in [1.807, 2.05) is 4.57 Å². The number of benzene rings is 2. The van der Waals surface area contributed by atoms with Crippen LogP contribution in [0.3, 0.4) is 0 Å². The Morgan fingerprint density at radius 3 is 2.55 bits per heavy atom. The quantitative estimate of drug-likeness (QED) is 0.413. The Hall–Kier alpha value is -3.16. The van der Waals surface area contributed by atoms with E-state index >= 15 is 0 Å². The summed E-state index contributed by atoms with van der Waals surface area (Å²) in [4.78, 5) is 18.5. The number of aromatic nitrogens is 2. The van der Waals surface area contributed by atoms with Gasteiger partial charge in [-0.25, -0.2) is 9.37 Å². The van der Waals surface area contributed by atoms with Crippen LogP contribution in [0.5, 0.6) is 0 Å². The molecule has 0 aliphatic carbocycles. The number of amides is 1. The molecular weight excluding hydrogens is 410 g/mol. The van der Waals surface area contributed by atoms with Crippen molar-refractivity contribution < 1.29 is 22.4 Å². The topological polar surface area (TPSA) is 38.1 Å². The van der Waals surface area contributed by atoms with Crippen LogP contribution in [0.15, 0.2) is 48.5 Å². The van der Waals surface area contributed by atoms with E-state index in [1.54, 1.807) is 30.0 Å². The molecule has 1 aromatic heterocycles. The van der Waals surface area contributed by atoms with Crippen molar-refractivity contribution in [1.29, 1.82) is 0 Å². The number of nitrogens with zero attached hydrogens (tertiary/aromatic N) is 3. The molecule has 1 saturated heterocycles. The van der Waals surface area contributed by atoms with E-state index in [4.69, 9.17) is 0 Å². The molecule has 1 amide bonds. The molecule has 31 heavy (non-hydrogen) atoms. The Bertz CT molecular complexity index is 1140. The Kier molecular flexibility index (Phi) is 5.56. The van der Waals surface area contributed by atoms with Crippen molar-refractivity contribution in [1.82, 2.24) is 14.5 Å². The van der Waals surface area contributed by atoms with Crippen molar-refractivity contribution >= 4 is 23.0 Å². The minimum absolute atomic E-state index is 0.0537. The normalized spacial score (nSPS) is 15.8. The summed E-state index contributed by atoms with van der Waals surface area (Å²) in [7, 11) is 0. The fourth-order valence-electron chi connectivity index (χ4n) is 4.08. The van der Waals surface area contributed by atoms with Gasteiger partial charge in [0.1, 0.15) is 11.6 Å². The first-order chi connectivity index (χ1) is 14.7. The summed E-state index contributed by atoms with van der Waals surface area (Å²) >= 11 is 0. The van der Waals surface area contributed by atoms with Crippen molar-refractivity contribution in [3.63, 3.8) is 0 Å². The second-order valence-electron chi connectivity index (χ2n) is 7.68. The Balaban J connectivity index is 1.45. The first kappa shape index (κ1) is 21.1. The molecule has 3 aromatic rings. The predicted octanol–water partition coefficient (Wildman–Crippen LogP) is 5.38. The van der Waals surface area contributed by atoms with Crippen molar-refractivity contribution in [2.45, 2.75) is 32.0 Å². The third-order valence-electron chi connectivity index (χ3n) is 5.60. The molecule has 2 heterocycles. The summed E-state index contributed by atoms with van der Waals surface area (Å²) in [6.45, 7) is 2.83. The van der Waals surface area contributed by atoms with Gasteiger partial charge in [-0.05, 0) is 61.7 Å². The Labute approximate surface area is 176 Å². The molecule has 0 N–H and O–H groups in total. The number of imidazole rings is 1. The van der Waals surface area contributed by atoms with Gasteiger partial charge >= 0.3 is 6.18 Å². The summed E-state index contributed by atoms with van der Waals surface area (Å²) in [6.07, 6.45) is -0.0365. The standard InChI is InChI=1S/C23H21F4N3O/c1-15-28-20-14-17(23(25,26)27)6-7-21(20)30(15)19-9-11-29(12-10-19)22(31)8-5-16-3-2-4-18(24)13-16/h2-8,13-14,19H,9-12H2,1H3/b8-5+. The smallest absolute Gasteiger partial charge is 0.339 e. The zero-order valence-corrected chi connectivity index (χ0v) is 16.9. The molecule has 1 aliphatic heterocycles. The number of hydrogen-bond donors (Lipinski definition) is 0. The van der Waals surface area contributed by atoms with Crippen LogP contribution in [0, 0.1) is 12.7 Å². The van der Waals surface area contributed by atoms with E-state index in [9.17, 15) is 22.4 Å². The first-order valence-corrected chi connectivity index (χ1v) is 10.0. The third kappa shape index (κ3) is 4.47. The molecule has 4 nitrogen and oxygen atoms in total. The van der Waals surface area contributed by atoms with Crippen LogP contribution in [0.4, 0.5) is 17.6 Å². The zero-order chi connectivity index (χ0) is 22.2. The van der Waals surface area contributed by atoms with Crippen molar-refractivity contribution in [2.75, 3.05) is 13.1 Å². The molecule has 1 fully saturated rings. The van der Waals surface area contributed by atoms with Crippen molar-refractivity contribution in [3.8, 4) is 0 Å². The SMILES string of the molecule is Cc1nc2cc(C(F)(F)F)ccc2n1C1CCN(C(=O)/C=C/c2cccc(F)c2)CC1. The lowest BCUT2D eigenvalue weighted by Gasteiger charge is -2.33. The third-order valence-corrected chi connectivity index (χ3v) is 5.60. The fourth-order valence-corrected chi connectivity index (χ4v) is 4.08. The maximum absolute atomic E-state index is 13.3. The van der Waals surface area contributed by atoms with E-state index in [2.05, 4.69) is 4.98 Å². The second kappa shape index (κ2) is 8.17. The zero-order valence-electron chi connectivity index (χ0n) is 16.9. The van der Waals surface area contributed by atoms with Crippen LogP contribution in [0.1, 0.15) is 35.8 Å². The molecule has 4 rings (SSSR count). The van der Waals surface area contributed by atoms with Crippen LogP contribution in [-0.2, 0) is 11.0 Å². The Morgan fingerprint density at radius 1 is 1.13 bits per heavy atom. The first-order valence-electron chi connectivity index (χ1n) is 10.0. The van der Waals surface area contributed by atoms with E-state index in [1.165, 1.54) is 24.3 Å². The highest BCUT2D eigenvalue weighted by Gasteiger charge is 2.31. The number of hydrogen-bond acceptors (Lipinski definition) is 2. The maximum Gasteiger partial charge on any atom is 0.416 e. The van der Waals surface area contributed by atoms with Gasteiger partial charge in [-0.2, -0.15) is 13.2 Å². The van der Waals surface area contributed by atoms with E-state index in [0.717, 1.165) is 12.1 Å². The number of likely N-dealkylation sites (tertiary alicyclic amines) is 1. The molecule has 2 aromatic carbocycles. The fraction of sp³-hybridized carbons (Fsp3) is 0.304. The highest BCUT2D eigenvalue weighted by molar-refractivity contribution is 5.91. The van der Waals surface area contributed by atoms with E-state index < -0.39 is 11.7 Å². The van der Waals surface area contributed by atoms with Crippen LogP contribution in [0.25, 0.3) is 17.1 Å². The number of halogens is 4. The molecular formula is C23H21F4N3O. The number of carbonyl (C=O) groups is 1. The van der Waals surface area contributed by atoms with Crippen LogP contribution < -0.4 is 0 Å². The van der Waals surface area contributed by atoms with Gasteiger partial charge in [-0.3, -0.25) is 4.79 Å². The van der Waals surface area contributed by atoms with Crippen LogP contribution in [0.2, 0.25) is 0 Å². The van der Waals surface area contributed by atoms with E-state index in [-0.39, 0.29) is 17.8 Å². The number of piperidine rings is 1. The van der Waals surface area contributed by atoms with Gasteiger partial charge in [0.2, 0.25) is 5.91 Å². The molecule has 0 spiro atoms. The number of carbonyl (C=O) groups excluding carboxylic acids is 1. The van der Waals surface area contributed by atoms with Gasteiger partial charge in [-0.1, -0.05) is 12.1 Å².